The Hall–Kier alpha value is -0.310. The number of likely N-dealkylation sites (N-methyl/N-ethyl adjacent to an activating group) is 1. The first-order valence-corrected chi connectivity index (χ1v) is 8.18. The van der Waals surface area contributed by atoms with E-state index < -0.39 is 0 Å². The highest BCUT2D eigenvalue weighted by Crippen LogP contribution is 2.31. The van der Waals surface area contributed by atoms with Gasteiger partial charge in [0.15, 0.2) is 0 Å². The summed E-state index contributed by atoms with van der Waals surface area (Å²) in [7, 11) is 2.02. The van der Waals surface area contributed by atoms with E-state index in [4.69, 9.17) is 11.6 Å². The van der Waals surface area contributed by atoms with Crippen molar-refractivity contribution in [2.75, 3.05) is 13.6 Å². The lowest BCUT2D eigenvalue weighted by Crippen LogP contribution is -2.19. The van der Waals surface area contributed by atoms with E-state index in [0.717, 1.165) is 22.0 Å². The van der Waals surface area contributed by atoms with E-state index in [-0.39, 0.29) is 0 Å². The number of hydrogen-bond acceptors (Lipinski definition) is 1. The summed E-state index contributed by atoms with van der Waals surface area (Å²) in [4.78, 5) is 0. The second-order valence-corrected chi connectivity index (χ2v) is 6.52. The van der Waals surface area contributed by atoms with Crippen LogP contribution in [0, 0.1) is 5.92 Å². The van der Waals surface area contributed by atoms with Gasteiger partial charge < -0.3 is 5.32 Å². The molecule has 0 unspecified atom stereocenters. The fraction of sp³-hybridized carbons (Fsp3) is 0.500. The number of halogens is 2. The third kappa shape index (κ3) is 4.34. The zero-order chi connectivity index (χ0) is 13.7. The fourth-order valence-electron chi connectivity index (χ4n) is 2.81. The van der Waals surface area contributed by atoms with E-state index in [1.54, 1.807) is 0 Å². The standard InChI is InChI=1S/C16H21BrClN/c1-19-11-14(13-5-3-2-4-6-13)9-12-7-8-15(17)16(18)10-12/h7-10,13,19H,2-6,11H2,1H3/b14-9-. The highest BCUT2D eigenvalue weighted by Gasteiger charge is 2.17. The second-order valence-electron chi connectivity index (χ2n) is 5.26. The Morgan fingerprint density at radius 1 is 1.37 bits per heavy atom. The van der Waals surface area contributed by atoms with Gasteiger partial charge in [0.2, 0.25) is 0 Å². The molecule has 1 nitrogen and oxygen atoms in total. The zero-order valence-electron chi connectivity index (χ0n) is 11.4. The topological polar surface area (TPSA) is 12.0 Å². The molecule has 0 heterocycles. The Morgan fingerprint density at radius 3 is 2.74 bits per heavy atom. The van der Waals surface area contributed by atoms with E-state index in [1.165, 1.54) is 43.2 Å². The molecule has 0 aliphatic heterocycles. The van der Waals surface area contributed by atoms with Gasteiger partial charge in [-0.1, -0.05) is 48.6 Å². The van der Waals surface area contributed by atoms with E-state index >= 15 is 0 Å². The summed E-state index contributed by atoms with van der Waals surface area (Å²) < 4.78 is 0.958. The molecule has 0 bridgehead atoms. The quantitative estimate of drug-likeness (QED) is 0.784. The van der Waals surface area contributed by atoms with Gasteiger partial charge in [0.25, 0.3) is 0 Å². The van der Waals surface area contributed by atoms with Crippen molar-refractivity contribution in [3.63, 3.8) is 0 Å². The number of nitrogens with one attached hydrogen (secondary N) is 1. The third-order valence-electron chi connectivity index (χ3n) is 3.81. The van der Waals surface area contributed by atoms with E-state index in [9.17, 15) is 0 Å². The lowest BCUT2D eigenvalue weighted by Gasteiger charge is -2.24. The Morgan fingerprint density at radius 2 is 2.11 bits per heavy atom. The van der Waals surface area contributed by atoms with Crippen molar-refractivity contribution in [2.45, 2.75) is 32.1 Å². The summed E-state index contributed by atoms with van der Waals surface area (Å²) in [6, 6.07) is 6.17. The molecule has 1 aliphatic rings. The highest BCUT2D eigenvalue weighted by molar-refractivity contribution is 9.10. The van der Waals surface area contributed by atoms with Crippen LogP contribution in [0.5, 0.6) is 0 Å². The molecule has 1 N–H and O–H groups in total. The normalized spacial score (nSPS) is 17.7. The smallest absolute Gasteiger partial charge is 0.0554 e. The van der Waals surface area contributed by atoms with Crippen LogP contribution in [0.25, 0.3) is 6.08 Å². The summed E-state index contributed by atoms with van der Waals surface area (Å²) in [5, 5.41) is 4.08. The van der Waals surface area contributed by atoms with E-state index in [2.05, 4.69) is 33.4 Å². The van der Waals surface area contributed by atoms with Gasteiger partial charge in [-0.15, -0.1) is 0 Å². The minimum absolute atomic E-state index is 0.739. The van der Waals surface area contributed by atoms with Crippen LogP contribution in [0.15, 0.2) is 28.2 Å². The van der Waals surface area contributed by atoms with Gasteiger partial charge in [-0.25, -0.2) is 0 Å². The number of benzene rings is 1. The number of rotatable bonds is 4. The molecule has 3 heteroatoms. The van der Waals surface area contributed by atoms with E-state index in [1.807, 2.05) is 19.2 Å². The maximum atomic E-state index is 6.17. The average molecular weight is 343 g/mol. The molecule has 1 fully saturated rings. The summed E-state index contributed by atoms with van der Waals surface area (Å²) >= 11 is 9.61. The minimum atomic E-state index is 0.739. The monoisotopic (exact) mass is 341 g/mol. The van der Waals surface area contributed by atoms with Crippen molar-refractivity contribution >= 4 is 33.6 Å². The zero-order valence-corrected chi connectivity index (χ0v) is 13.7. The van der Waals surface area contributed by atoms with Crippen molar-refractivity contribution in [3.8, 4) is 0 Å². The Balaban J connectivity index is 2.20. The maximum Gasteiger partial charge on any atom is 0.0554 e. The molecule has 1 saturated carbocycles. The van der Waals surface area contributed by atoms with Gasteiger partial charge in [-0.3, -0.25) is 0 Å². The molecule has 104 valence electrons. The van der Waals surface area contributed by atoms with Gasteiger partial charge in [-0.2, -0.15) is 0 Å². The van der Waals surface area contributed by atoms with Gasteiger partial charge in [0.05, 0.1) is 5.02 Å². The molecular formula is C16H21BrClN. The van der Waals surface area contributed by atoms with Crippen molar-refractivity contribution in [2.24, 2.45) is 5.92 Å². The van der Waals surface area contributed by atoms with Crippen LogP contribution in [0.2, 0.25) is 5.02 Å². The molecule has 2 rings (SSSR count). The van der Waals surface area contributed by atoms with Crippen LogP contribution in [0.3, 0.4) is 0 Å². The molecule has 0 atom stereocenters. The van der Waals surface area contributed by atoms with Gasteiger partial charge in [0.1, 0.15) is 0 Å². The van der Waals surface area contributed by atoms with Crippen LogP contribution in [-0.4, -0.2) is 13.6 Å². The van der Waals surface area contributed by atoms with Crippen molar-refractivity contribution in [1.82, 2.24) is 5.32 Å². The van der Waals surface area contributed by atoms with Crippen LogP contribution in [0.1, 0.15) is 37.7 Å². The average Bonchev–Trinajstić information content (AvgIpc) is 2.43. The minimum Gasteiger partial charge on any atom is -0.316 e. The van der Waals surface area contributed by atoms with E-state index in [0.29, 0.717) is 0 Å². The first kappa shape index (κ1) is 15.1. The van der Waals surface area contributed by atoms with Crippen LogP contribution >= 0.6 is 27.5 Å². The molecule has 1 aromatic carbocycles. The second kappa shape index (κ2) is 7.47. The first-order valence-electron chi connectivity index (χ1n) is 7.01. The molecule has 0 saturated heterocycles. The SMILES string of the molecule is CNC/C(=C/c1ccc(Br)c(Cl)c1)C1CCCCC1. The fourth-order valence-corrected chi connectivity index (χ4v) is 3.24. The van der Waals surface area contributed by atoms with Crippen LogP contribution < -0.4 is 5.32 Å². The molecule has 1 aliphatic carbocycles. The number of hydrogen-bond donors (Lipinski definition) is 1. The molecule has 19 heavy (non-hydrogen) atoms. The summed E-state index contributed by atoms with van der Waals surface area (Å²) in [5.41, 5.74) is 2.71. The lowest BCUT2D eigenvalue weighted by molar-refractivity contribution is 0.398. The Kier molecular flexibility index (Phi) is 5.93. The molecule has 0 spiro atoms. The van der Waals surface area contributed by atoms with Gasteiger partial charge in [-0.05, 0) is 59.4 Å². The molecule has 0 amide bonds. The molecule has 0 radical (unpaired) electrons. The highest BCUT2D eigenvalue weighted by atomic mass is 79.9. The van der Waals surface area contributed by atoms with Crippen molar-refractivity contribution in [1.29, 1.82) is 0 Å². The van der Waals surface area contributed by atoms with Crippen LogP contribution in [0.4, 0.5) is 0 Å². The Bertz CT molecular complexity index is 450. The van der Waals surface area contributed by atoms with Crippen molar-refractivity contribution < 1.29 is 0 Å². The molecular weight excluding hydrogens is 322 g/mol. The predicted molar refractivity (Wildman–Crippen MR) is 87.6 cm³/mol. The summed E-state index contributed by atoms with van der Waals surface area (Å²) in [6.07, 6.45) is 9.10. The van der Waals surface area contributed by atoms with Gasteiger partial charge in [0, 0.05) is 11.0 Å². The lowest BCUT2D eigenvalue weighted by atomic mass is 9.83. The predicted octanol–water partition coefficient (Wildman–Crippen LogP) is 5.29. The van der Waals surface area contributed by atoms with Gasteiger partial charge >= 0.3 is 0 Å². The Labute approximate surface area is 129 Å². The first-order chi connectivity index (χ1) is 9.20. The molecule has 1 aromatic rings. The summed E-state index contributed by atoms with van der Waals surface area (Å²) in [6.45, 7) is 0.971. The van der Waals surface area contributed by atoms with Crippen LogP contribution in [-0.2, 0) is 0 Å². The third-order valence-corrected chi connectivity index (χ3v) is 5.04. The summed E-state index contributed by atoms with van der Waals surface area (Å²) in [5.74, 6) is 0.739. The maximum absolute atomic E-state index is 6.17. The largest absolute Gasteiger partial charge is 0.316 e. The molecule has 0 aromatic heterocycles. The van der Waals surface area contributed by atoms with Crippen molar-refractivity contribution in [3.05, 3.63) is 38.8 Å².